The van der Waals surface area contributed by atoms with E-state index in [1.807, 2.05) is 36.5 Å². The van der Waals surface area contributed by atoms with Crippen LogP contribution in [0, 0.1) is 5.92 Å². The summed E-state index contributed by atoms with van der Waals surface area (Å²) in [5.41, 5.74) is 2.10. The molecule has 0 saturated carbocycles. The topological polar surface area (TPSA) is 74.3 Å². The van der Waals surface area contributed by atoms with Crippen molar-refractivity contribution in [3.8, 4) is 17.0 Å². The van der Waals surface area contributed by atoms with Gasteiger partial charge >= 0.3 is 0 Å². The first-order valence-corrected chi connectivity index (χ1v) is 8.96. The molecule has 0 saturated heterocycles. The van der Waals surface area contributed by atoms with Crippen LogP contribution in [0.25, 0.3) is 27.9 Å². The maximum Gasteiger partial charge on any atom is 0.262 e. The van der Waals surface area contributed by atoms with Gasteiger partial charge in [-0.3, -0.25) is 4.79 Å². The van der Waals surface area contributed by atoms with Gasteiger partial charge in [0.05, 0.1) is 23.7 Å². The van der Waals surface area contributed by atoms with E-state index in [4.69, 9.17) is 4.74 Å². The first-order valence-electron chi connectivity index (χ1n) is 8.96. The van der Waals surface area contributed by atoms with E-state index >= 15 is 0 Å². The van der Waals surface area contributed by atoms with E-state index in [2.05, 4.69) is 28.9 Å². The number of pyridine rings is 1. The first-order chi connectivity index (χ1) is 13.1. The van der Waals surface area contributed by atoms with Gasteiger partial charge in [-0.2, -0.15) is 14.6 Å². The summed E-state index contributed by atoms with van der Waals surface area (Å²) in [6, 6.07) is 9.44. The molecule has 3 heterocycles. The van der Waals surface area contributed by atoms with Crippen molar-refractivity contribution in [3.63, 3.8) is 0 Å². The van der Waals surface area contributed by atoms with Gasteiger partial charge in [0.15, 0.2) is 0 Å². The Morgan fingerprint density at radius 2 is 1.93 bits per heavy atom. The largest absolute Gasteiger partial charge is 0.497 e. The third-order valence-electron chi connectivity index (χ3n) is 4.65. The molecule has 1 aromatic carbocycles. The minimum atomic E-state index is -0.0659. The number of nitrogens with zero attached hydrogens (tertiary/aromatic N) is 5. The van der Waals surface area contributed by atoms with E-state index in [0.717, 1.165) is 17.7 Å². The van der Waals surface area contributed by atoms with Crippen LogP contribution < -0.4 is 10.3 Å². The highest BCUT2D eigenvalue weighted by atomic mass is 16.5. The van der Waals surface area contributed by atoms with Crippen molar-refractivity contribution in [2.45, 2.75) is 26.8 Å². The molecule has 4 aromatic rings. The number of methoxy groups -OCH3 is 1. The molecule has 0 radical (unpaired) electrons. The molecule has 7 nitrogen and oxygen atoms in total. The van der Waals surface area contributed by atoms with E-state index in [-0.39, 0.29) is 5.56 Å². The molecule has 0 aliphatic heterocycles. The van der Waals surface area contributed by atoms with E-state index < -0.39 is 0 Å². The fourth-order valence-corrected chi connectivity index (χ4v) is 3.15. The Bertz CT molecular complexity index is 1160. The SMILES string of the molecule is COc1ccc(-c2c3c(=O)n(CCC(C)C)ccc3nc3ncnn23)cc1. The minimum Gasteiger partial charge on any atom is -0.497 e. The number of hydrogen-bond acceptors (Lipinski definition) is 5. The molecule has 0 atom stereocenters. The van der Waals surface area contributed by atoms with Crippen LogP contribution in [0.2, 0.25) is 0 Å². The number of benzene rings is 1. The van der Waals surface area contributed by atoms with Crippen LogP contribution in [-0.2, 0) is 6.54 Å². The summed E-state index contributed by atoms with van der Waals surface area (Å²) in [5.74, 6) is 1.73. The minimum absolute atomic E-state index is 0.0659. The lowest BCUT2D eigenvalue weighted by Crippen LogP contribution is -2.22. The smallest absolute Gasteiger partial charge is 0.262 e. The summed E-state index contributed by atoms with van der Waals surface area (Å²) in [5, 5.41) is 4.84. The summed E-state index contributed by atoms with van der Waals surface area (Å²) < 4.78 is 8.62. The van der Waals surface area contributed by atoms with Crippen molar-refractivity contribution in [2.24, 2.45) is 5.92 Å². The van der Waals surface area contributed by atoms with Crippen LogP contribution in [0.15, 0.2) is 47.7 Å². The molecule has 0 spiro atoms. The summed E-state index contributed by atoms with van der Waals surface area (Å²) >= 11 is 0. The van der Waals surface area contributed by atoms with Crippen LogP contribution in [-0.4, -0.2) is 31.3 Å². The maximum absolute atomic E-state index is 13.3. The van der Waals surface area contributed by atoms with Gasteiger partial charge < -0.3 is 9.30 Å². The Balaban J connectivity index is 2.00. The first kappa shape index (κ1) is 17.2. The molecule has 4 rings (SSSR count). The van der Waals surface area contributed by atoms with Crippen LogP contribution in [0.5, 0.6) is 5.75 Å². The monoisotopic (exact) mass is 363 g/mol. The van der Waals surface area contributed by atoms with Gasteiger partial charge in [0.2, 0.25) is 0 Å². The lowest BCUT2D eigenvalue weighted by molar-refractivity contribution is 0.415. The van der Waals surface area contributed by atoms with Crippen LogP contribution in [0.3, 0.4) is 0 Å². The van der Waals surface area contributed by atoms with Gasteiger partial charge in [-0.05, 0) is 42.7 Å². The Labute approximate surface area is 156 Å². The van der Waals surface area contributed by atoms with Crippen molar-refractivity contribution in [1.82, 2.24) is 24.1 Å². The molecule has 0 fully saturated rings. The predicted molar refractivity (Wildman–Crippen MR) is 104 cm³/mol. The average Bonchev–Trinajstić information content (AvgIpc) is 3.14. The highest BCUT2D eigenvalue weighted by Crippen LogP contribution is 2.27. The molecular weight excluding hydrogens is 342 g/mol. The molecule has 0 aliphatic carbocycles. The lowest BCUT2D eigenvalue weighted by atomic mass is 10.1. The van der Waals surface area contributed by atoms with E-state index in [0.29, 0.717) is 34.8 Å². The normalized spacial score (nSPS) is 11.6. The molecule has 0 amide bonds. The third-order valence-corrected chi connectivity index (χ3v) is 4.65. The number of hydrogen-bond donors (Lipinski definition) is 0. The average molecular weight is 363 g/mol. The lowest BCUT2D eigenvalue weighted by Gasteiger charge is -2.12. The molecule has 0 N–H and O–H groups in total. The third kappa shape index (κ3) is 3.05. The fourth-order valence-electron chi connectivity index (χ4n) is 3.15. The van der Waals surface area contributed by atoms with Gasteiger partial charge in [0, 0.05) is 18.3 Å². The van der Waals surface area contributed by atoms with Crippen molar-refractivity contribution in [1.29, 1.82) is 0 Å². The van der Waals surface area contributed by atoms with Crippen molar-refractivity contribution >= 4 is 16.7 Å². The second-order valence-corrected chi connectivity index (χ2v) is 6.92. The zero-order valence-corrected chi connectivity index (χ0v) is 15.6. The van der Waals surface area contributed by atoms with E-state index in [1.54, 1.807) is 16.2 Å². The second kappa shape index (κ2) is 6.83. The predicted octanol–water partition coefficient (Wildman–Crippen LogP) is 3.16. The summed E-state index contributed by atoms with van der Waals surface area (Å²) in [7, 11) is 1.62. The molecule has 7 heteroatoms. The summed E-state index contributed by atoms with van der Waals surface area (Å²) in [4.78, 5) is 22.0. The van der Waals surface area contributed by atoms with Crippen molar-refractivity contribution in [3.05, 3.63) is 53.2 Å². The van der Waals surface area contributed by atoms with Gasteiger partial charge in [-0.25, -0.2) is 4.98 Å². The Morgan fingerprint density at radius 1 is 1.15 bits per heavy atom. The summed E-state index contributed by atoms with van der Waals surface area (Å²) in [6.07, 6.45) is 4.19. The van der Waals surface area contributed by atoms with Crippen LogP contribution in [0.4, 0.5) is 0 Å². The zero-order chi connectivity index (χ0) is 19.0. The molecule has 27 heavy (non-hydrogen) atoms. The van der Waals surface area contributed by atoms with Gasteiger partial charge in [0.1, 0.15) is 12.1 Å². The van der Waals surface area contributed by atoms with E-state index in [1.165, 1.54) is 6.33 Å². The van der Waals surface area contributed by atoms with Crippen LogP contribution >= 0.6 is 0 Å². The number of ether oxygens (including phenoxy) is 1. The molecular formula is C20H21N5O2. The molecule has 0 unspecified atom stereocenters. The van der Waals surface area contributed by atoms with Gasteiger partial charge in [0.25, 0.3) is 11.3 Å². The molecule has 0 aliphatic rings. The van der Waals surface area contributed by atoms with Gasteiger partial charge in [-0.15, -0.1) is 0 Å². The summed E-state index contributed by atoms with van der Waals surface area (Å²) in [6.45, 7) is 4.97. The number of fused-ring (bicyclic) bond motifs is 2. The zero-order valence-electron chi connectivity index (χ0n) is 15.6. The maximum atomic E-state index is 13.3. The number of aryl methyl sites for hydroxylation is 1. The quantitative estimate of drug-likeness (QED) is 0.544. The van der Waals surface area contributed by atoms with Crippen molar-refractivity contribution < 1.29 is 4.74 Å². The number of aromatic nitrogens is 5. The Morgan fingerprint density at radius 3 is 2.63 bits per heavy atom. The van der Waals surface area contributed by atoms with E-state index in [9.17, 15) is 4.79 Å². The highest BCUT2D eigenvalue weighted by Gasteiger charge is 2.17. The Hall–Kier alpha value is -3.22. The molecule has 3 aromatic heterocycles. The standard InChI is InChI=1S/C20H21N5O2/c1-13(2)8-10-24-11-9-16-17(19(24)26)18(25-20(23-16)21-12-22-25)14-4-6-15(27-3)7-5-14/h4-7,9,11-13H,8,10H2,1-3H3. The van der Waals surface area contributed by atoms with Crippen LogP contribution in [0.1, 0.15) is 20.3 Å². The fraction of sp³-hybridized carbons (Fsp3) is 0.300. The molecule has 0 bridgehead atoms. The second-order valence-electron chi connectivity index (χ2n) is 6.92. The highest BCUT2D eigenvalue weighted by molar-refractivity contribution is 5.93. The van der Waals surface area contributed by atoms with Crippen molar-refractivity contribution in [2.75, 3.05) is 7.11 Å². The molecule has 138 valence electrons. The Kier molecular flexibility index (Phi) is 4.35. The van der Waals surface area contributed by atoms with Gasteiger partial charge in [-0.1, -0.05) is 13.8 Å². The number of rotatable bonds is 5.